The monoisotopic (exact) mass is 794 g/mol. The minimum Gasteiger partial charge on any atom is -0.310 e. The first kappa shape index (κ1) is 35.2. The second-order valence-electron chi connectivity index (χ2n) is 15.8. The zero-order valence-electron chi connectivity index (χ0n) is 33.2. The molecule has 0 aliphatic rings. The molecule has 2 nitrogen and oxygen atoms in total. The number of fused-ring (bicyclic) bond motifs is 7. The van der Waals surface area contributed by atoms with Gasteiger partial charge in [0.25, 0.3) is 0 Å². The Labute approximate surface area is 358 Å². The van der Waals surface area contributed by atoms with Crippen LogP contribution in [0.2, 0.25) is 0 Å². The molecule has 10 aromatic carbocycles. The molecule has 0 saturated heterocycles. The van der Waals surface area contributed by atoms with Crippen molar-refractivity contribution in [2.45, 2.75) is 0 Å². The zero-order chi connectivity index (χ0) is 40.3. The Morgan fingerprint density at radius 2 is 0.820 bits per heavy atom. The summed E-state index contributed by atoms with van der Waals surface area (Å²) in [5, 5.41) is 7.64. The van der Waals surface area contributed by atoms with Crippen molar-refractivity contribution in [3.8, 4) is 39.1 Å². The topological polar surface area (TPSA) is 8.17 Å². The van der Waals surface area contributed by atoms with Gasteiger partial charge in [0.2, 0.25) is 0 Å². The van der Waals surface area contributed by atoms with Gasteiger partial charge in [-0.25, -0.2) is 0 Å². The molecule has 0 aliphatic carbocycles. The fraction of sp³-hybridized carbons (Fsp3) is 0. The van der Waals surface area contributed by atoms with Gasteiger partial charge in [-0.1, -0.05) is 158 Å². The Morgan fingerprint density at radius 3 is 1.57 bits per heavy atom. The van der Waals surface area contributed by atoms with E-state index >= 15 is 0 Å². The van der Waals surface area contributed by atoms with Crippen molar-refractivity contribution in [2.24, 2.45) is 0 Å². The standard InChI is InChI=1S/C58H38N2S/c1-2-12-43-36-46(28-27-39(43)11-1)45-14-9-13-44(35-45)42-25-23-40(24-26-42)41-29-31-47(32-30-41)59(50-33-34-54-53-19-5-8-22-57(53)61-58(54)38-50)48-15-10-16-49(37-48)60-55-20-6-3-17-51(55)52-18-4-7-21-56(52)60/h1-38H. The minimum absolute atomic E-state index is 1.10. The molecule has 286 valence electrons. The molecule has 0 aliphatic heterocycles. The Balaban J connectivity index is 0.911. The number of nitrogens with zero attached hydrogens (tertiary/aromatic N) is 2. The molecular weight excluding hydrogens is 757 g/mol. The third kappa shape index (κ3) is 6.18. The summed E-state index contributed by atoms with van der Waals surface area (Å²) in [5.74, 6) is 0. The number of aromatic nitrogens is 1. The summed E-state index contributed by atoms with van der Waals surface area (Å²) in [4.78, 5) is 2.40. The maximum atomic E-state index is 2.40. The molecule has 0 atom stereocenters. The van der Waals surface area contributed by atoms with Crippen LogP contribution in [-0.4, -0.2) is 4.57 Å². The van der Waals surface area contributed by atoms with E-state index in [4.69, 9.17) is 0 Å². The molecule has 0 N–H and O–H groups in total. The molecule has 0 unspecified atom stereocenters. The lowest BCUT2D eigenvalue weighted by Gasteiger charge is -2.26. The van der Waals surface area contributed by atoms with Gasteiger partial charge in [0, 0.05) is 53.7 Å². The van der Waals surface area contributed by atoms with Gasteiger partial charge in [0.15, 0.2) is 0 Å². The highest BCUT2D eigenvalue weighted by Crippen LogP contribution is 2.42. The van der Waals surface area contributed by atoms with Crippen LogP contribution in [0.5, 0.6) is 0 Å². The van der Waals surface area contributed by atoms with Gasteiger partial charge in [-0.05, 0) is 117 Å². The van der Waals surface area contributed by atoms with Crippen molar-refractivity contribution >= 4 is 81.1 Å². The van der Waals surface area contributed by atoms with Gasteiger partial charge in [0.1, 0.15) is 0 Å². The molecule has 2 aromatic heterocycles. The van der Waals surface area contributed by atoms with Gasteiger partial charge in [-0.2, -0.15) is 0 Å². The maximum Gasteiger partial charge on any atom is 0.0541 e. The van der Waals surface area contributed by atoms with Gasteiger partial charge in [-0.15, -0.1) is 11.3 Å². The van der Waals surface area contributed by atoms with Gasteiger partial charge >= 0.3 is 0 Å². The van der Waals surface area contributed by atoms with Crippen LogP contribution < -0.4 is 4.90 Å². The normalized spacial score (nSPS) is 11.6. The van der Waals surface area contributed by atoms with Crippen LogP contribution in [0.15, 0.2) is 231 Å². The van der Waals surface area contributed by atoms with Crippen molar-refractivity contribution in [3.05, 3.63) is 231 Å². The molecule has 0 amide bonds. The highest BCUT2D eigenvalue weighted by Gasteiger charge is 2.18. The third-order valence-corrected chi connectivity index (χ3v) is 13.3. The number of rotatable bonds is 7. The largest absolute Gasteiger partial charge is 0.310 e. The number of thiophene rings is 1. The third-order valence-electron chi connectivity index (χ3n) is 12.2. The molecule has 61 heavy (non-hydrogen) atoms. The average molecular weight is 795 g/mol. The van der Waals surface area contributed by atoms with Crippen molar-refractivity contribution in [2.75, 3.05) is 4.90 Å². The number of hydrogen-bond donors (Lipinski definition) is 0. The van der Waals surface area contributed by atoms with Crippen LogP contribution in [0.1, 0.15) is 0 Å². The van der Waals surface area contributed by atoms with E-state index in [-0.39, 0.29) is 0 Å². The second kappa shape index (κ2) is 14.5. The van der Waals surface area contributed by atoms with E-state index in [1.807, 2.05) is 11.3 Å². The van der Waals surface area contributed by atoms with E-state index in [1.54, 1.807) is 0 Å². The van der Waals surface area contributed by atoms with Crippen molar-refractivity contribution in [3.63, 3.8) is 0 Å². The van der Waals surface area contributed by atoms with Crippen LogP contribution >= 0.6 is 11.3 Å². The number of hydrogen-bond acceptors (Lipinski definition) is 2. The lowest BCUT2D eigenvalue weighted by molar-refractivity contribution is 1.17. The predicted molar refractivity (Wildman–Crippen MR) is 262 cm³/mol. The fourth-order valence-corrected chi connectivity index (χ4v) is 10.3. The molecule has 0 saturated carbocycles. The second-order valence-corrected chi connectivity index (χ2v) is 16.9. The lowest BCUT2D eigenvalue weighted by Crippen LogP contribution is -2.10. The first-order chi connectivity index (χ1) is 30.2. The first-order valence-corrected chi connectivity index (χ1v) is 21.6. The molecule has 12 rings (SSSR count). The molecular formula is C58H38N2S. The minimum atomic E-state index is 1.10. The summed E-state index contributed by atoms with van der Waals surface area (Å²) in [6.45, 7) is 0. The summed E-state index contributed by atoms with van der Waals surface area (Å²) in [7, 11) is 0. The Morgan fingerprint density at radius 1 is 0.295 bits per heavy atom. The molecule has 0 fully saturated rings. The van der Waals surface area contributed by atoms with E-state index in [9.17, 15) is 0 Å². The van der Waals surface area contributed by atoms with E-state index in [2.05, 4.69) is 240 Å². The average Bonchev–Trinajstić information content (AvgIpc) is 3.87. The quantitative estimate of drug-likeness (QED) is 0.156. The van der Waals surface area contributed by atoms with Crippen LogP contribution in [0.4, 0.5) is 17.1 Å². The highest BCUT2D eigenvalue weighted by molar-refractivity contribution is 7.25. The summed E-state index contributed by atoms with van der Waals surface area (Å²) in [5.41, 5.74) is 14.1. The first-order valence-electron chi connectivity index (χ1n) is 20.8. The van der Waals surface area contributed by atoms with E-state index in [0.717, 1.165) is 22.7 Å². The van der Waals surface area contributed by atoms with E-state index in [1.165, 1.54) is 86.1 Å². The summed E-state index contributed by atoms with van der Waals surface area (Å²) in [6.07, 6.45) is 0. The van der Waals surface area contributed by atoms with E-state index in [0.29, 0.717) is 0 Å². The van der Waals surface area contributed by atoms with Crippen LogP contribution in [0.3, 0.4) is 0 Å². The predicted octanol–water partition coefficient (Wildman–Crippen LogP) is 16.8. The molecule has 12 aromatic rings. The summed E-state index contributed by atoms with van der Waals surface area (Å²) >= 11 is 1.86. The van der Waals surface area contributed by atoms with Crippen LogP contribution in [0.25, 0.3) is 91.8 Å². The number of benzene rings is 10. The fourth-order valence-electron chi connectivity index (χ4n) is 9.18. The highest BCUT2D eigenvalue weighted by atomic mass is 32.1. The zero-order valence-corrected chi connectivity index (χ0v) is 34.1. The van der Waals surface area contributed by atoms with Gasteiger partial charge in [-0.3, -0.25) is 0 Å². The maximum absolute atomic E-state index is 2.40. The molecule has 0 radical (unpaired) electrons. The Kier molecular flexibility index (Phi) is 8.39. The Hall–Kier alpha value is -7.72. The van der Waals surface area contributed by atoms with Gasteiger partial charge in [0.05, 0.1) is 11.0 Å². The lowest BCUT2D eigenvalue weighted by atomic mass is 9.96. The molecule has 0 spiro atoms. The van der Waals surface area contributed by atoms with Crippen LogP contribution in [0, 0.1) is 0 Å². The number of para-hydroxylation sites is 2. The number of anilines is 3. The summed E-state index contributed by atoms with van der Waals surface area (Å²) in [6, 6.07) is 84.2. The van der Waals surface area contributed by atoms with Crippen molar-refractivity contribution in [1.29, 1.82) is 0 Å². The Bertz CT molecular complexity index is 3540. The SMILES string of the molecule is c1cc(-c2ccc(-c3ccc(N(c4cccc(-n5c6ccccc6c6ccccc65)c4)c4ccc5c(c4)sc4ccccc45)cc3)cc2)cc(-c2ccc3ccccc3c2)c1. The molecule has 0 bridgehead atoms. The summed E-state index contributed by atoms with van der Waals surface area (Å²) < 4.78 is 4.98. The molecule has 2 heterocycles. The van der Waals surface area contributed by atoms with E-state index < -0.39 is 0 Å². The smallest absolute Gasteiger partial charge is 0.0541 e. The molecule has 3 heteroatoms. The van der Waals surface area contributed by atoms with Crippen molar-refractivity contribution < 1.29 is 0 Å². The van der Waals surface area contributed by atoms with Crippen LogP contribution in [-0.2, 0) is 0 Å². The van der Waals surface area contributed by atoms with Crippen molar-refractivity contribution in [1.82, 2.24) is 4.57 Å². The van der Waals surface area contributed by atoms with Gasteiger partial charge < -0.3 is 9.47 Å².